The summed E-state index contributed by atoms with van der Waals surface area (Å²) in [5.74, 6) is -0.196. The molecular formula is C11H12IN3O2. The summed E-state index contributed by atoms with van der Waals surface area (Å²) < 4.78 is 2.79. The Labute approximate surface area is 112 Å². The van der Waals surface area contributed by atoms with Crippen LogP contribution in [0.1, 0.15) is 17.3 Å². The topological polar surface area (TPSA) is 66.6 Å². The number of halogens is 1. The zero-order valence-corrected chi connectivity index (χ0v) is 11.4. The molecule has 2 aromatic rings. The zero-order chi connectivity index (χ0) is 12.4. The lowest BCUT2D eigenvalue weighted by atomic mass is 10.2. The first-order chi connectivity index (χ1) is 8.11. The van der Waals surface area contributed by atoms with Crippen molar-refractivity contribution >= 4 is 34.1 Å². The van der Waals surface area contributed by atoms with Crippen molar-refractivity contribution < 1.29 is 9.90 Å². The number of hydrogen-bond donors (Lipinski definition) is 2. The summed E-state index contributed by atoms with van der Waals surface area (Å²) >= 11 is 2.15. The van der Waals surface area contributed by atoms with E-state index < -0.39 is 0 Å². The lowest BCUT2D eigenvalue weighted by Crippen LogP contribution is -2.35. The van der Waals surface area contributed by atoms with Crippen molar-refractivity contribution in [2.45, 2.75) is 13.0 Å². The molecule has 2 rings (SSSR count). The van der Waals surface area contributed by atoms with E-state index in [9.17, 15) is 4.79 Å². The van der Waals surface area contributed by atoms with Crippen molar-refractivity contribution in [2.75, 3.05) is 6.61 Å². The fraction of sp³-hybridized carbons (Fsp3) is 0.273. The Bertz CT molecular complexity index is 553. The summed E-state index contributed by atoms with van der Waals surface area (Å²) in [6.07, 6.45) is 3.48. The predicted octanol–water partition coefficient (Wildman–Crippen LogP) is 1.05. The van der Waals surface area contributed by atoms with Gasteiger partial charge in [0.1, 0.15) is 9.35 Å². The molecule has 0 spiro atoms. The number of carbonyl (C=O) groups excluding carboxylic acids is 1. The number of nitrogens with one attached hydrogen (secondary N) is 1. The second-order valence-corrected chi connectivity index (χ2v) is 4.89. The molecule has 2 N–H and O–H groups in total. The average molecular weight is 345 g/mol. The normalized spacial score (nSPS) is 12.6. The van der Waals surface area contributed by atoms with Gasteiger partial charge in [0.25, 0.3) is 5.91 Å². The SMILES string of the molecule is CC(CO)NC(=O)c1ccc2ncc(I)n2c1. The molecular weight excluding hydrogens is 333 g/mol. The summed E-state index contributed by atoms with van der Waals surface area (Å²) in [4.78, 5) is 16.0. The Hall–Kier alpha value is -1.15. The predicted molar refractivity (Wildman–Crippen MR) is 71.9 cm³/mol. The summed E-state index contributed by atoms with van der Waals surface area (Å²) in [6, 6.07) is 3.26. The van der Waals surface area contributed by atoms with Crippen LogP contribution in [0.5, 0.6) is 0 Å². The van der Waals surface area contributed by atoms with Crippen LogP contribution in [0.3, 0.4) is 0 Å². The van der Waals surface area contributed by atoms with Gasteiger partial charge in [0.05, 0.1) is 18.4 Å². The van der Waals surface area contributed by atoms with E-state index in [0.717, 1.165) is 9.35 Å². The molecule has 1 unspecified atom stereocenters. The van der Waals surface area contributed by atoms with Crippen LogP contribution in [0.25, 0.3) is 5.65 Å². The zero-order valence-electron chi connectivity index (χ0n) is 9.22. The number of nitrogens with zero attached hydrogens (tertiary/aromatic N) is 2. The van der Waals surface area contributed by atoms with Crippen LogP contribution in [-0.2, 0) is 0 Å². The lowest BCUT2D eigenvalue weighted by molar-refractivity contribution is 0.0922. The third-order valence-electron chi connectivity index (χ3n) is 2.37. The van der Waals surface area contributed by atoms with Gasteiger partial charge < -0.3 is 10.4 Å². The Kier molecular flexibility index (Phi) is 3.63. The van der Waals surface area contributed by atoms with Gasteiger partial charge in [0, 0.05) is 12.2 Å². The molecule has 0 saturated carbocycles. The van der Waals surface area contributed by atoms with E-state index in [1.54, 1.807) is 31.5 Å². The van der Waals surface area contributed by atoms with Gasteiger partial charge in [-0.05, 0) is 41.6 Å². The highest BCUT2D eigenvalue weighted by Gasteiger charge is 2.10. The van der Waals surface area contributed by atoms with Crippen molar-refractivity contribution in [2.24, 2.45) is 0 Å². The number of amides is 1. The third kappa shape index (κ3) is 2.58. The van der Waals surface area contributed by atoms with E-state index >= 15 is 0 Å². The van der Waals surface area contributed by atoms with Gasteiger partial charge in [-0.3, -0.25) is 9.20 Å². The van der Waals surface area contributed by atoms with E-state index in [0.29, 0.717) is 5.56 Å². The van der Waals surface area contributed by atoms with Crippen molar-refractivity contribution in [3.8, 4) is 0 Å². The molecule has 0 aliphatic rings. The molecule has 1 atom stereocenters. The Morgan fingerprint density at radius 3 is 3.12 bits per heavy atom. The maximum absolute atomic E-state index is 11.8. The van der Waals surface area contributed by atoms with E-state index in [4.69, 9.17) is 5.11 Å². The van der Waals surface area contributed by atoms with Crippen LogP contribution in [0.4, 0.5) is 0 Å². The first-order valence-corrected chi connectivity index (χ1v) is 6.24. The van der Waals surface area contributed by atoms with E-state index in [-0.39, 0.29) is 18.6 Å². The number of carbonyl (C=O) groups is 1. The highest BCUT2D eigenvalue weighted by Crippen LogP contribution is 2.11. The molecule has 1 amide bonds. The molecule has 0 aliphatic heterocycles. The van der Waals surface area contributed by atoms with Crippen LogP contribution >= 0.6 is 22.6 Å². The average Bonchev–Trinajstić information content (AvgIpc) is 2.70. The first kappa shape index (κ1) is 12.3. The Balaban J connectivity index is 2.29. The molecule has 2 heterocycles. The lowest BCUT2D eigenvalue weighted by Gasteiger charge is -2.10. The van der Waals surface area contributed by atoms with Crippen molar-refractivity contribution in [1.82, 2.24) is 14.7 Å². The summed E-state index contributed by atoms with van der Waals surface area (Å²) in [6.45, 7) is 1.67. The fourth-order valence-corrected chi connectivity index (χ4v) is 1.96. The molecule has 0 aliphatic carbocycles. The first-order valence-electron chi connectivity index (χ1n) is 5.16. The van der Waals surface area contributed by atoms with Crippen LogP contribution in [-0.4, -0.2) is 33.0 Å². The number of aromatic nitrogens is 2. The van der Waals surface area contributed by atoms with Crippen molar-refractivity contribution in [3.05, 3.63) is 33.8 Å². The number of fused-ring (bicyclic) bond motifs is 1. The van der Waals surface area contributed by atoms with E-state index in [2.05, 4.69) is 32.9 Å². The quantitative estimate of drug-likeness (QED) is 0.818. The monoisotopic (exact) mass is 345 g/mol. The fourth-order valence-electron chi connectivity index (χ4n) is 1.44. The van der Waals surface area contributed by atoms with Crippen LogP contribution in [0.15, 0.2) is 24.5 Å². The molecule has 0 fully saturated rings. The van der Waals surface area contributed by atoms with Gasteiger partial charge in [-0.25, -0.2) is 4.98 Å². The molecule has 0 aromatic carbocycles. The molecule has 0 saturated heterocycles. The van der Waals surface area contributed by atoms with Crippen LogP contribution < -0.4 is 5.32 Å². The number of aliphatic hydroxyl groups is 1. The van der Waals surface area contributed by atoms with E-state index in [1.807, 2.05) is 4.40 Å². The van der Waals surface area contributed by atoms with Crippen LogP contribution in [0, 0.1) is 3.70 Å². The maximum Gasteiger partial charge on any atom is 0.253 e. The molecule has 6 heteroatoms. The standard InChI is InChI=1S/C11H12IN3O2/c1-7(6-16)14-11(17)8-2-3-10-13-4-9(12)15(10)5-8/h2-5,7,16H,6H2,1H3,(H,14,17). The molecule has 90 valence electrons. The molecule has 2 aromatic heterocycles. The van der Waals surface area contributed by atoms with Crippen LogP contribution in [0.2, 0.25) is 0 Å². The number of imidazole rings is 1. The Morgan fingerprint density at radius 2 is 2.41 bits per heavy atom. The smallest absolute Gasteiger partial charge is 0.253 e. The van der Waals surface area contributed by atoms with Gasteiger partial charge in [0.2, 0.25) is 0 Å². The second-order valence-electron chi connectivity index (χ2n) is 3.78. The summed E-state index contributed by atoms with van der Waals surface area (Å²) in [5.41, 5.74) is 1.36. The van der Waals surface area contributed by atoms with Gasteiger partial charge in [-0.1, -0.05) is 0 Å². The summed E-state index contributed by atoms with van der Waals surface area (Å²) in [7, 11) is 0. The molecule has 5 nitrogen and oxygen atoms in total. The number of aliphatic hydroxyl groups excluding tert-OH is 1. The summed E-state index contributed by atoms with van der Waals surface area (Å²) in [5, 5.41) is 11.6. The van der Waals surface area contributed by atoms with Gasteiger partial charge >= 0.3 is 0 Å². The minimum Gasteiger partial charge on any atom is -0.394 e. The van der Waals surface area contributed by atoms with Crippen molar-refractivity contribution in [1.29, 1.82) is 0 Å². The minimum atomic E-state index is -0.250. The van der Waals surface area contributed by atoms with Gasteiger partial charge in [-0.2, -0.15) is 0 Å². The Morgan fingerprint density at radius 1 is 1.65 bits per heavy atom. The van der Waals surface area contributed by atoms with Crippen molar-refractivity contribution in [3.63, 3.8) is 0 Å². The number of pyridine rings is 1. The minimum absolute atomic E-state index is 0.0728. The van der Waals surface area contributed by atoms with Gasteiger partial charge in [-0.15, -0.1) is 0 Å². The highest BCUT2D eigenvalue weighted by atomic mass is 127. The molecule has 0 bridgehead atoms. The molecule has 17 heavy (non-hydrogen) atoms. The number of hydrogen-bond acceptors (Lipinski definition) is 3. The maximum atomic E-state index is 11.8. The second kappa shape index (κ2) is 5.01. The number of rotatable bonds is 3. The van der Waals surface area contributed by atoms with Gasteiger partial charge in [0.15, 0.2) is 0 Å². The third-order valence-corrected chi connectivity index (χ3v) is 3.17. The largest absolute Gasteiger partial charge is 0.394 e. The highest BCUT2D eigenvalue weighted by molar-refractivity contribution is 14.1. The van der Waals surface area contributed by atoms with E-state index in [1.165, 1.54) is 0 Å². The molecule has 0 radical (unpaired) electrons.